The number of primary sulfonamides is 1. The number of hydrogen-bond donors (Lipinski definition) is 1. The van der Waals surface area contributed by atoms with Crippen LogP contribution >= 0.6 is 0 Å². The topological polar surface area (TPSA) is 95.7 Å². The Balaban J connectivity index is 2.07. The second kappa shape index (κ2) is 6.50. The van der Waals surface area contributed by atoms with Crippen LogP contribution in [-0.2, 0) is 19.5 Å². The molecule has 8 heteroatoms. The van der Waals surface area contributed by atoms with Gasteiger partial charge in [0.2, 0.25) is 10.0 Å². The van der Waals surface area contributed by atoms with Crippen LogP contribution in [0, 0.1) is 5.82 Å². The molecule has 6 nitrogen and oxygen atoms in total. The molecule has 1 aliphatic rings. The zero-order valence-corrected chi connectivity index (χ0v) is 12.1. The van der Waals surface area contributed by atoms with E-state index >= 15 is 0 Å². The highest BCUT2D eigenvalue weighted by molar-refractivity contribution is 7.89. The Morgan fingerprint density at radius 1 is 1.43 bits per heavy atom. The molecule has 0 saturated carbocycles. The number of carbonyl (C=O) groups is 1. The Labute approximate surface area is 122 Å². The summed E-state index contributed by atoms with van der Waals surface area (Å²) in [4.78, 5) is 11.5. The summed E-state index contributed by atoms with van der Waals surface area (Å²) in [5.74, 6) is -1.80. The minimum absolute atomic E-state index is 0.0118. The summed E-state index contributed by atoms with van der Waals surface area (Å²) in [7, 11) is -4.01. The molecule has 1 saturated heterocycles. The summed E-state index contributed by atoms with van der Waals surface area (Å²) in [5, 5.41) is 4.94. The molecule has 0 radical (unpaired) electrons. The van der Waals surface area contributed by atoms with Gasteiger partial charge in [0.1, 0.15) is 12.4 Å². The number of ether oxygens (including phenoxy) is 2. The highest BCUT2D eigenvalue weighted by atomic mass is 32.2. The van der Waals surface area contributed by atoms with E-state index < -0.39 is 27.4 Å². The number of esters is 1. The van der Waals surface area contributed by atoms with Gasteiger partial charge in [-0.25, -0.2) is 22.7 Å². The maximum Gasteiger partial charge on any atom is 0.341 e. The number of sulfonamides is 1. The monoisotopic (exact) mass is 317 g/mol. The fourth-order valence-electron chi connectivity index (χ4n) is 2.02. The van der Waals surface area contributed by atoms with Gasteiger partial charge in [-0.05, 0) is 37.5 Å². The van der Waals surface area contributed by atoms with Crippen LogP contribution in [0.25, 0.3) is 0 Å². The molecule has 1 atom stereocenters. The Morgan fingerprint density at radius 3 is 2.81 bits per heavy atom. The fraction of sp³-hybridized carbons (Fsp3) is 0.462. The lowest BCUT2D eigenvalue weighted by molar-refractivity contribution is -0.0302. The maximum absolute atomic E-state index is 13.6. The van der Waals surface area contributed by atoms with Crippen molar-refractivity contribution >= 4 is 16.0 Å². The first-order chi connectivity index (χ1) is 9.88. The van der Waals surface area contributed by atoms with Crippen molar-refractivity contribution in [3.63, 3.8) is 0 Å². The van der Waals surface area contributed by atoms with Crippen LogP contribution in [0.2, 0.25) is 0 Å². The summed E-state index contributed by atoms with van der Waals surface area (Å²) in [6.45, 7) is 0.620. The van der Waals surface area contributed by atoms with E-state index in [4.69, 9.17) is 14.6 Å². The van der Waals surface area contributed by atoms with Gasteiger partial charge in [-0.3, -0.25) is 0 Å². The second-order valence-corrected chi connectivity index (χ2v) is 6.34. The molecule has 2 N–H and O–H groups in total. The van der Waals surface area contributed by atoms with Crippen LogP contribution in [0.5, 0.6) is 0 Å². The van der Waals surface area contributed by atoms with Crippen LogP contribution in [0.3, 0.4) is 0 Å². The third kappa shape index (κ3) is 4.23. The van der Waals surface area contributed by atoms with Crippen molar-refractivity contribution in [2.75, 3.05) is 13.2 Å². The largest absolute Gasteiger partial charge is 0.459 e. The predicted octanol–water partition coefficient (Wildman–Crippen LogP) is 1.20. The Morgan fingerprint density at radius 2 is 2.19 bits per heavy atom. The maximum atomic E-state index is 13.6. The molecular formula is C13H16FNO5S. The standard InChI is InChI=1S/C13H16FNO5S/c14-12-5-4-10(21(15,17)18)7-11(12)13(16)20-8-9-3-1-2-6-19-9/h4-5,7,9H,1-3,6,8H2,(H2,15,17,18). The van der Waals surface area contributed by atoms with E-state index in [1.54, 1.807) is 0 Å². The van der Waals surface area contributed by atoms with Gasteiger partial charge in [-0.2, -0.15) is 0 Å². The molecule has 0 aliphatic carbocycles. The normalized spacial score (nSPS) is 19.2. The average molecular weight is 317 g/mol. The van der Waals surface area contributed by atoms with Crippen molar-refractivity contribution in [1.82, 2.24) is 0 Å². The number of hydrogen-bond acceptors (Lipinski definition) is 5. The molecule has 1 aromatic rings. The van der Waals surface area contributed by atoms with E-state index in [9.17, 15) is 17.6 Å². The van der Waals surface area contributed by atoms with E-state index in [0.717, 1.165) is 37.5 Å². The van der Waals surface area contributed by atoms with E-state index in [2.05, 4.69) is 0 Å². The number of carbonyl (C=O) groups excluding carboxylic acids is 1. The molecule has 21 heavy (non-hydrogen) atoms. The molecule has 1 aliphatic heterocycles. The van der Waals surface area contributed by atoms with Crippen LogP contribution in [0.4, 0.5) is 4.39 Å². The van der Waals surface area contributed by atoms with E-state index in [0.29, 0.717) is 6.61 Å². The molecule has 2 rings (SSSR count). The Hall–Kier alpha value is -1.51. The van der Waals surface area contributed by atoms with E-state index in [1.807, 2.05) is 0 Å². The molecule has 1 fully saturated rings. The van der Waals surface area contributed by atoms with Crippen molar-refractivity contribution < 1.29 is 27.1 Å². The summed E-state index contributed by atoms with van der Waals surface area (Å²) in [6, 6.07) is 2.73. The molecule has 116 valence electrons. The summed E-state index contributed by atoms with van der Waals surface area (Å²) in [6.07, 6.45) is 2.52. The van der Waals surface area contributed by atoms with Gasteiger partial charge >= 0.3 is 5.97 Å². The molecule has 0 amide bonds. The molecular weight excluding hydrogens is 301 g/mol. The number of halogens is 1. The summed E-state index contributed by atoms with van der Waals surface area (Å²) in [5.41, 5.74) is -0.461. The van der Waals surface area contributed by atoms with Crippen molar-refractivity contribution in [3.8, 4) is 0 Å². The van der Waals surface area contributed by atoms with Crippen LogP contribution < -0.4 is 5.14 Å². The average Bonchev–Trinajstić information content (AvgIpc) is 2.45. The van der Waals surface area contributed by atoms with E-state index in [-0.39, 0.29) is 17.6 Å². The Kier molecular flexibility index (Phi) is 4.92. The lowest BCUT2D eigenvalue weighted by atomic mass is 10.1. The zero-order valence-electron chi connectivity index (χ0n) is 11.2. The minimum atomic E-state index is -4.01. The number of benzene rings is 1. The molecule has 1 heterocycles. The van der Waals surface area contributed by atoms with Gasteiger partial charge < -0.3 is 9.47 Å². The number of rotatable bonds is 4. The molecule has 0 bridgehead atoms. The fourth-order valence-corrected chi connectivity index (χ4v) is 2.56. The summed E-state index contributed by atoms with van der Waals surface area (Å²) >= 11 is 0. The SMILES string of the molecule is NS(=O)(=O)c1ccc(F)c(C(=O)OCC2CCCCO2)c1. The van der Waals surface area contributed by atoms with Crippen LogP contribution in [0.15, 0.2) is 23.1 Å². The van der Waals surface area contributed by atoms with Gasteiger partial charge in [0.15, 0.2) is 0 Å². The molecule has 1 unspecified atom stereocenters. The molecule has 0 aromatic heterocycles. The Bertz CT molecular complexity index is 625. The second-order valence-electron chi connectivity index (χ2n) is 4.77. The zero-order chi connectivity index (χ0) is 15.5. The smallest absolute Gasteiger partial charge is 0.341 e. The van der Waals surface area contributed by atoms with Gasteiger partial charge in [0, 0.05) is 6.61 Å². The van der Waals surface area contributed by atoms with Crippen molar-refractivity contribution in [3.05, 3.63) is 29.6 Å². The minimum Gasteiger partial charge on any atom is -0.459 e. The van der Waals surface area contributed by atoms with Crippen LogP contribution in [-0.4, -0.2) is 33.7 Å². The highest BCUT2D eigenvalue weighted by Crippen LogP contribution is 2.17. The first kappa shape index (κ1) is 15.9. The van der Waals surface area contributed by atoms with Gasteiger partial charge in [-0.15, -0.1) is 0 Å². The van der Waals surface area contributed by atoms with Gasteiger partial charge in [0.05, 0.1) is 16.6 Å². The van der Waals surface area contributed by atoms with Gasteiger partial charge in [-0.1, -0.05) is 0 Å². The lowest BCUT2D eigenvalue weighted by Gasteiger charge is -2.22. The van der Waals surface area contributed by atoms with Gasteiger partial charge in [0.25, 0.3) is 0 Å². The first-order valence-corrected chi connectivity index (χ1v) is 8.03. The van der Waals surface area contributed by atoms with Crippen molar-refractivity contribution in [1.29, 1.82) is 0 Å². The van der Waals surface area contributed by atoms with Crippen LogP contribution in [0.1, 0.15) is 29.6 Å². The van der Waals surface area contributed by atoms with Crippen molar-refractivity contribution in [2.24, 2.45) is 5.14 Å². The molecule has 0 spiro atoms. The predicted molar refractivity (Wildman–Crippen MR) is 71.6 cm³/mol. The third-order valence-corrected chi connectivity index (χ3v) is 4.07. The third-order valence-electron chi connectivity index (χ3n) is 3.16. The van der Waals surface area contributed by atoms with Crippen molar-refractivity contribution in [2.45, 2.75) is 30.3 Å². The summed E-state index contributed by atoms with van der Waals surface area (Å²) < 4.78 is 46.4. The van der Waals surface area contributed by atoms with E-state index in [1.165, 1.54) is 0 Å². The quantitative estimate of drug-likeness (QED) is 0.842. The lowest BCUT2D eigenvalue weighted by Crippen LogP contribution is -2.26. The number of nitrogens with two attached hydrogens (primary N) is 1. The molecule has 1 aromatic carbocycles. The first-order valence-electron chi connectivity index (χ1n) is 6.49. The highest BCUT2D eigenvalue weighted by Gasteiger charge is 2.20.